The van der Waals surface area contributed by atoms with E-state index in [0.29, 0.717) is 11.8 Å². The Morgan fingerprint density at radius 2 is 1.94 bits per heavy atom. The lowest BCUT2D eigenvalue weighted by molar-refractivity contribution is 0.301. The molecule has 0 aliphatic heterocycles. The fraction of sp³-hybridized carbons (Fsp3) is 0.154. The van der Waals surface area contributed by atoms with Gasteiger partial charge in [0.1, 0.15) is 17.5 Å². The van der Waals surface area contributed by atoms with Crippen LogP contribution in [0.4, 0.5) is 0 Å². The first kappa shape index (κ1) is 12.3. The van der Waals surface area contributed by atoms with Crippen LogP contribution in [0, 0.1) is 0 Å². The van der Waals surface area contributed by atoms with E-state index in [4.69, 9.17) is 16.3 Å². The molecule has 0 atom stereocenters. The Hall–Kier alpha value is -1.19. The Kier molecular flexibility index (Phi) is 4.29. The van der Waals surface area contributed by atoms with Crippen molar-refractivity contribution < 1.29 is 4.74 Å². The van der Waals surface area contributed by atoms with Crippen molar-refractivity contribution in [2.24, 2.45) is 0 Å². The lowest BCUT2D eigenvalue weighted by atomic mass is 10.3. The largest absolute Gasteiger partial charge is 0.487 e. The monoisotopic (exact) mass is 265 g/mol. The number of pyridine rings is 1. The minimum absolute atomic E-state index is 0.430. The topological polar surface area (TPSA) is 22.1 Å². The predicted molar refractivity (Wildman–Crippen MR) is 71.8 cm³/mol. The summed E-state index contributed by atoms with van der Waals surface area (Å²) in [6, 6.07) is 13.5. The van der Waals surface area contributed by atoms with Crippen molar-refractivity contribution in [1.82, 2.24) is 4.98 Å². The van der Waals surface area contributed by atoms with Crippen molar-refractivity contribution in [2.75, 3.05) is 6.26 Å². The maximum Gasteiger partial charge on any atom is 0.130 e. The number of rotatable bonds is 4. The third kappa shape index (κ3) is 3.65. The maximum atomic E-state index is 5.80. The van der Waals surface area contributed by atoms with E-state index in [0.717, 1.165) is 11.4 Å². The van der Waals surface area contributed by atoms with Gasteiger partial charge in [0.2, 0.25) is 0 Å². The molecule has 1 heterocycles. The third-order valence-corrected chi connectivity index (χ3v) is 3.17. The van der Waals surface area contributed by atoms with Crippen LogP contribution in [0.25, 0.3) is 0 Å². The molecule has 0 saturated heterocycles. The lowest BCUT2D eigenvalue weighted by Gasteiger charge is -2.06. The van der Waals surface area contributed by atoms with E-state index in [9.17, 15) is 0 Å². The summed E-state index contributed by atoms with van der Waals surface area (Å²) in [4.78, 5) is 5.38. The summed E-state index contributed by atoms with van der Waals surface area (Å²) < 4.78 is 5.62. The van der Waals surface area contributed by atoms with Crippen LogP contribution in [-0.4, -0.2) is 11.2 Å². The van der Waals surface area contributed by atoms with Crippen molar-refractivity contribution in [3.63, 3.8) is 0 Å². The molecule has 2 rings (SSSR count). The van der Waals surface area contributed by atoms with Crippen molar-refractivity contribution in [3.05, 3.63) is 53.3 Å². The zero-order valence-corrected chi connectivity index (χ0v) is 11.0. The highest BCUT2D eigenvalue weighted by Crippen LogP contribution is 2.19. The fourth-order valence-electron chi connectivity index (χ4n) is 1.36. The highest BCUT2D eigenvalue weighted by molar-refractivity contribution is 7.98. The Bertz CT molecular complexity index is 487. The number of hydrogen-bond donors (Lipinski definition) is 0. The van der Waals surface area contributed by atoms with E-state index in [-0.39, 0.29) is 0 Å². The SMILES string of the molecule is CSc1ccc(OCc2cccc(Cl)n2)cc1. The van der Waals surface area contributed by atoms with Crippen molar-refractivity contribution >= 4 is 23.4 Å². The Labute approximate surface area is 110 Å². The molecule has 4 heteroatoms. The smallest absolute Gasteiger partial charge is 0.130 e. The summed E-state index contributed by atoms with van der Waals surface area (Å²) >= 11 is 7.51. The standard InChI is InChI=1S/C13H12ClNOS/c1-17-12-7-5-11(6-8-12)16-9-10-3-2-4-13(14)15-10/h2-8H,9H2,1H3. The maximum absolute atomic E-state index is 5.80. The summed E-state index contributed by atoms with van der Waals surface area (Å²) in [7, 11) is 0. The number of hydrogen-bond acceptors (Lipinski definition) is 3. The first-order valence-corrected chi connectivity index (χ1v) is 6.76. The molecule has 0 radical (unpaired) electrons. The second-order valence-electron chi connectivity index (χ2n) is 3.42. The van der Waals surface area contributed by atoms with Crippen molar-refractivity contribution in [2.45, 2.75) is 11.5 Å². The molecule has 2 nitrogen and oxygen atoms in total. The van der Waals surface area contributed by atoms with Crippen LogP contribution in [0.2, 0.25) is 5.15 Å². The Balaban J connectivity index is 1.97. The fourth-order valence-corrected chi connectivity index (χ4v) is 1.95. The van der Waals surface area contributed by atoms with Gasteiger partial charge in [0.25, 0.3) is 0 Å². The van der Waals surface area contributed by atoms with Crippen molar-refractivity contribution in [1.29, 1.82) is 0 Å². The van der Waals surface area contributed by atoms with Crippen LogP contribution in [0.15, 0.2) is 47.4 Å². The van der Waals surface area contributed by atoms with Gasteiger partial charge in [0, 0.05) is 4.90 Å². The first-order valence-electron chi connectivity index (χ1n) is 5.16. The molecule has 17 heavy (non-hydrogen) atoms. The molecule has 1 aromatic carbocycles. The zero-order valence-electron chi connectivity index (χ0n) is 9.39. The molecule has 0 bridgehead atoms. The summed E-state index contributed by atoms with van der Waals surface area (Å²) in [5.41, 5.74) is 0.825. The molecule has 0 amide bonds. The van der Waals surface area contributed by atoms with Crippen LogP contribution >= 0.6 is 23.4 Å². The van der Waals surface area contributed by atoms with Crippen LogP contribution in [0.3, 0.4) is 0 Å². The second kappa shape index (κ2) is 5.94. The number of nitrogens with zero attached hydrogens (tertiary/aromatic N) is 1. The zero-order chi connectivity index (χ0) is 12.1. The highest BCUT2D eigenvalue weighted by atomic mass is 35.5. The van der Waals surface area contributed by atoms with Crippen LogP contribution in [0.1, 0.15) is 5.69 Å². The van der Waals surface area contributed by atoms with Gasteiger partial charge >= 0.3 is 0 Å². The molecule has 0 aliphatic carbocycles. The lowest BCUT2D eigenvalue weighted by Crippen LogP contribution is -1.97. The van der Waals surface area contributed by atoms with Crippen LogP contribution in [0.5, 0.6) is 5.75 Å². The average Bonchev–Trinajstić information content (AvgIpc) is 2.37. The minimum Gasteiger partial charge on any atom is -0.487 e. The quantitative estimate of drug-likeness (QED) is 0.615. The third-order valence-electron chi connectivity index (χ3n) is 2.22. The molecule has 0 aliphatic rings. The van der Waals surface area contributed by atoms with E-state index >= 15 is 0 Å². The molecule has 0 saturated carbocycles. The molecule has 0 unspecified atom stereocenters. The van der Waals surface area contributed by atoms with Gasteiger partial charge in [0.05, 0.1) is 5.69 Å². The molecule has 0 N–H and O–H groups in total. The molecule has 88 valence electrons. The normalized spacial score (nSPS) is 10.2. The average molecular weight is 266 g/mol. The Morgan fingerprint density at radius 1 is 1.18 bits per heavy atom. The van der Waals surface area contributed by atoms with Gasteiger partial charge < -0.3 is 4.74 Å². The number of thioether (sulfide) groups is 1. The van der Waals surface area contributed by atoms with E-state index in [1.54, 1.807) is 17.8 Å². The van der Waals surface area contributed by atoms with Crippen LogP contribution in [-0.2, 0) is 6.61 Å². The summed E-state index contributed by atoms with van der Waals surface area (Å²) in [5, 5.41) is 0.490. The van der Waals surface area contributed by atoms with Gasteiger partial charge in [-0.1, -0.05) is 17.7 Å². The predicted octanol–water partition coefficient (Wildman–Crippen LogP) is 4.04. The van der Waals surface area contributed by atoms with Gasteiger partial charge in [0.15, 0.2) is 0 Å². The molecular formula is C13H12ClNOS. The summed E-state index contributed by atoms with van der Waals surface area (Å²) in [6.45, 7) is 0.430. The van der Waals surface area contributed by atoms with E-state index < -0.39 is 0 Å². The van der Waals surface area contributed by atoms with Crippen molar-refractivity contribution in [3.8, 4) is 5.75 Å². The number of benzene rings is 1. The van der Waals surface area contributed by atoms with E-state index in [1.807, 2.05) is 42.7 Å². The molecule has 1 aromatic heterocycles. The van der Waals surface area contributed by atoms with Gasteiger partial charge in [-0.15, -0.1) is 11.8 Å². The second-order valence-corrected chi connectivity index (χ2v) is 4.68. The van der Waals surface area contributed by atoms with E-state index in [2.05, 4.69) is 4.98 Å². The molecule has 0 spiro atoms. The minimum atomic E-state index is 0.430. The van der Waals surface area contributed by atoms with Gasteiger partial charge in [-0.05, 0) is 42.7 Å². The van der Waals surface area contributed by atoms with Gasteiger partial charge in [-0.2, -0.15) is 0 Å². The number of ether oxygens (including phenoxy) is 1. The first-order chi connectivity index (χ1) is 8.28. The number of halogens is 1. The van der Waals surface area contributed by atoms with E-state index in [1.165, 1.54) is 4.90 Å². The highest BCUT2D eigenvalue weighted by Gasteiger charge is 1.98. The summed E-state index contributed by atoms with van der Waals surface area (Å²) in [6.07, 6.45) is 2.05. The molecule has 0 fully saturated rings. The van der Waals surface area contributed by atoms with Crippen LogP contribution < -0.4 is 4.74 Å². The van der Waals surface area contributed by atoms with Gasteiger partial charge in [-0.3, -0.25) is 0 Å². The molecule has 2 aromatic rings. The Morgan fingerprint density at radius 3 is 2.59 bits per heavy atom. The molecular weight excluding hydrogens is 254 g/mol. The number of aromatic nitrogens is 1. The van der Waals surface area contributed by atoms with Gasteiger partial charge in [-0.25, -0.2) is 4.98 Å². The summed E-state index contributed by atoms with van der Waals surface area (Å²) in [5.74, 6) is 0.838.